The van der Waals surface area contributed by atoms with Crippen molar-refractivity contribution >= 4 is 11.5 Å². The van der Waals surface area contributed by atoms with Gasteiger partial charge in [-0.3, -0.25) is 0 Å². The summed E-state index contributed by atoms with van der Waals surface area (Å²) in [5.74, 6) is 0. The molecule has 14 heavy (non-hydrogen) atoms. The molecule has 0 saturated heterocycles. The summed E-state index contributed by atoms with van der Waals surface area (Å²) >= 11 is 1.40. The van der Waals surface area contributed by atoms with E-state index in [-0.39, 0.29) is 0 Å². The monoisotopic (exact) mass is 214 g/mol. The highest BCUT2D eigenvalue weighted by Gasteiger charge is 2.07. The highest BCUT2D eigenvalue weighted by molar-refractivity contribution is 7.03. The van der Waals surface area contributed by atoms with Crippen LogP contribution in [0.25, 0.3) is 0 Å². The number of hydrogen-bond donors (Lipinski definition) is 1. The Labute approximate surface area is 89.5 Å². The standard InChI is InChI=1S/C9H18N4S/c1-4-9(13(2)3)6-10-5-8-7-14-12-11-8/h7,9-10H,4-6H2,1-3H3. The van der Waals surface area contributed by atoms with Gasteiger partial charge in [-0.2, -0.15) is 0 Å². The minimum absolute atomic E-state index is 0.599. The topological polar surface area (TPSA) is 41.1 Å². The molecule has 1 heterocycles. The molecule has 0 aliphatic heterocycles. The first-order valence-electron chi connectivity index (χ1n) is 4.87. The van der Waals surface area contributed by atoms with Crippen molar-refractivity contribution in [3.63, 3.8) is 0 Å². The normalized spacial score (nSPS) is 13.4. The SMILES string of the molecule is CCC(CNCc1csnn1)N(C)C. The number of aromatic nitrogens is 2. The highest BCUT2D eigenvalue weighted by Crippen LogP contribution is 1.99. The van der Waals surface area contributed by atoms with Crippen molar-refractivity contribution in [1.82, 2.24) is 19.8 Å². The van der Waals surface area contributed by atoms with E-state index >= 15 is 0 Å². The molecular formula is C9H18N4S. The summed E-state index contributed by atoms with van der Waals surface area (Å²) in [6.45, 7) is 4.03. The van der Waals surface area contributed by atoms with Crippen LogP contribution in [-0.2, 0) is 6.54 Å². The Hall–Kier alpha value is -0.520. The first kappa shape index (κ1) is 11.6. The lowest BCUT2D eigenvalue weighted by atomic mass is 10.2. The first-order chi connectivity index (χ1) is 6.74. The Morgan fingerprint density at radius 3 is 2.86 bits per heavy atom. The van der Waals surface area contributed by atoms with Crippen LogP contribution in [0, 0.1) is 0 Å². The fourth-order valence-electron chi connectivity index (χ4n) is 1.32. The van der Waals surface area contributed by atoms with Gasteiger partial charge in [-0.15, -0.1) is 5.10 Å². The van der Waals surface area contributed by atoms with E-state index in [1.54, 1.807) is 0 Å². The lowest BCUT2D eigenvalue weighted by Gasteiger charge is -2.22. The molecule has 1 aromatic rings. The Balaban J connectivity index is 2.20. The van der Waals surface area contributed by atoms with Crippen molar-refractivity contribution in [1.29, 1.82) is 0 Å². The van der Waals surface area contributed by atoms with E-state index in [2.05, 4.69) is 40.8 Å². The van der Waals surface area contributed by atoms with Gasteiger partial charge in [-0.25, -0.2) is 0 Å². The number of nitrogens with zero attached hydrogens (tertiary/aromatic N) is 3. The van der Waals surface area contributed by atoms with Crippen LogP contribution in [0.1, 0.15) is 19.0 Å². The van der Waals surface area contributed by atoms with Gasteiger partial charge in [0.25, 0.3) is 0 Å². The maximum Gasteiger partial charge on any atom is 0.0893 e. The molecule has 80 valence electrons. The number of likely N-dealkylation sites (N-methyl/N-ethyl adjacent to an activating group) is 1. The second kappa shape index (κ2) is 6.06. The fourth-order valence-corrected chi connectivity index (χ4v) is 1.77. The van der Waals surface area contributed by atoms with Crippen LogP contribution in [0.5, 0.6) is 0 Å². The van der Waals surface area contributed by atoms with Crippen LogP contribution in [0.4, 0.5) is 0 Å². The van der Waals surface area contributed by atoms with E-state index in [0.29, 0.717) is 6.04 Å². The van der Waals surface area contributed by atoms with Crippen LogP contribution >= 0.6 is 11.5 Å². The number of hydrogen-bond acceptors (Lipinski definition) is 5. The van der Waals surface area contributed by atoms with Crippen LogP contribution in [-0.4, -0.2) is 41.2 Å². The largest absolute Gasteiger partial charge is 0.310 e. The predicted molar refractivity (Wildman–Crippen MR) is 59.4 cm³/mol. The van der Waals surface area contributed by atoms with Gasteiger partial charge in [0.1, 0.15) is 0 Å². The summed E-state index contributed by atoms with van der Waals surface area (Å²) in [5, 5.41) is 9.33. The van der Waals surface area contributed by atoms with Crippen molar-refractivity contribution in [2.24, 2.45) is 0 Å². The van der Waals surface area contributed by atoms with Crippen molar-refractivity contribution in [2.75, 3.05) is 20.6 Å². The van der Waals surface area contributed by atoms with Gasteiger partial charge in [0, 0.05) is 24.5 Å². The molecule has 1 rings (SSSR count). The van der Waals surface area contributed by atoms with E-state index in [1.165, 1.54) is 11.5 Å². The van der Waals surface area contributed by atoms with E-state index in [0.717, 1.165) is 25.2 Å². The first-order valence-corrected chi connectivity index (χ1v) is 5.70. The number of nitrogens with one attached hydrogen (secondary N) is 1. The molecule has 1 N–H and O–H groups in total. The summed E-state index contributed by atoms with van der Waals surface area (Å²) in [6, 6.07) is 0.599. The molecule has 4 nitrogen and oxygen atoms in total. The molecule has 1 unspecified atom stereocenters. The van der Waals surface area contributed by atoms with Crippen molar-refractivity contribution < 1.29 is 0 Å². The minimum atomic E-state index is 0.599. The van der Waals surface area contributed by atoms with Gasteiger partial charge in [0.05, 0.1) is 5.69 Å². The Kier molecular flexibility index (Phi) is 5.00. The summed E-state index contributed by atoms with van der Waals surface area (Å²) in [5.41, 5.74) is 1.03. The molecule has 0 radical (unpaired) electrons. The van der Waals surface area contributed by atoms with Gasteiger partial charge in [-0.05, 0) is 32.0 Å². The summed E-state index contributed by atoms with van der Waals surface area (Å²) in [6.07, 6.45) is 1.16. The maximum absolute atomic E-state index is 3.98. The lowest BCUT2D eigenvalue weighted by molar-refractivity contribution is 0.275. The van der Waals surface area contributed by atoms with Crippen molar-refractivity contribution in [2.45, 2.75) is 25.9 Å². The molecule has 0 aromatic carbocycles. The van der Waals surface area contributed by atoms with E-state index in [4.69, 9.17) is 0 Å². The highest BCUT2D eigenvalue weighted by atomic mass is 32.1. The van der Waals surface area contributed by atoms with Gasteiger partial charge in [-0.1, -0.05) is 11.4 Å². The quantitative estimate of drug-likeness (QED) is 0.766. The maximum atomic E-state index is 3.98. The van der Waals surface area contributed by atoms with Crippen molar-refractivity contribution in [3.8, 4) is 0 Å². The summed E-state index contributed by atoms with van der Waals surface area (Å²) in [7, 11) is 4.22. The van der Waals surface area contributed by atoms with Gasteiger partial charge in [0.2, 0.25) is 0 Å². The molecule has 0 amide bonds. The molecule has 0 spiro atoms. The van der Waals surface area contributed by atoms with Crippen LogP contribution in [0.15, 0.2) is 5.38 Å². The van der Waals surface area contributed by atoms with Crippen LogP contribution in [0.3, 0.4) is 0 Å². The fraction of sp³-hybridized carbons (Fsp3) is 0.778. The molecule has 0 fully saturated rings. The molecule has 1 atom stereocenters. The second-order valence-electron chi connectivity index (χ2n) is 3.55. The van der Waals surface area contributed by atoms with E-state index in [9.17, 15) is 0 Å². The van der Waals surface area contributed by atoms with Gasteiger partial charge < -0.3 is 10.2 Å². The van der Waals surface area contributed by atoms with Gasteiger partial charge in [0.15, 0.2) is 0 Å². The summed E-state index contributed by atoms with van der Waals surface area (Å²) in [4.78, 5) is 2.24. The average Bonchev–Trinajstić information content (AvgIpc) is 2.64. The van der Waals surface area contributed by atoms with Crippen molar-refractivity contribution in [3.05, 3.63) is 11.1 Å². The zero-order valence-corrected chi connectivity index (χ0v) is 9.84. The summed E-state index contributed by atoms with van der Waals surface area (Å²) < 4.78 is 3.82. The Bertz CT molecular complexity index is 235. The Morgan fingerprint density at radius 2 is 2.36 bits per heavy atom. The molecule has 0 aliphatic carbocycles. The third-order valence-corrected chi connectivity index (χ3v) is 2.85. The smallest absolute Gasteiger partial charge is 0.0893 e. The van der Waals surface area contributed by atoms with E-state index in [1.807, 2.05) is 5.38 Å². The second-order valence-corrected chi connectivity index (χ2v) is 4.16. The zero-order chi connectivity index (χ0) is 10.4. The molecular weight excluding hydrogens is 196 g/mol. The molecule has 1 aromatic heterocycles. The lowest BCUT2D eigenvalue weighted by Crippen LogP contribution is -2.37. The Morgan fingerprint density at radius 1 is 1.57 bits per heavy atom. The zero-order valence-electron chi connectivity index (χ0n) is 9.03. The van der Waals surface area contributed by atoms with Gasteiger partial charge >= 0.3 is 0 Å². The third-order valence-electron chi connectivity index (χ3n) is 2.29. The minimum Gasteiger partial charge on any atom is -0.310 e. The van der Waals surface area contributed by atoms with Crippen LogP contribution in [0.2, 0.25) is 0 Å². The molecule has 0 saturated carbocycles. The third kappa shape index (κ3) is 3.69. The average molecular weight is 214 g/mol. The number of rotatable bonds is 6. The molecule has 0 aliphatic rings. The predicted octanol–water partition coefficient (Wildman–Crippen LogP) is 0.968. The molecule has 5 heteroatoms. The van der Waals surface area contributed by atoms with E-state index < -0.39 is 0 Å². The van der Waals surface area contributed by atoms with Crippen LogP contribution < -0.4 is 5.32 Å². The molecule has 0 bridgehead atoms.